The van der Waals surface area contributed by atoms with Crippen LogP contribution in [0, 0.1) is 3.57 Å². The smallest absolute Gasteiger partial charge is 0.154 e. The van der Waals surface area contributed by atoms with E-state index in [1.165, 1.54) is 0 Å². The fourth-order valence-electron chi connectivity index (χ4n) is 1.86. The summed E-state index contributed by atoms with van der Waals surface area (Å²) < 4.78 is 25.1. The number of benzene rings is 1. The Bertz CT molecular complexity index is 652. The van der Waals surface area contributed by atoms with Crippen molar-refractivity contribution in [3.63, 3.8) is 0 Å². The Morgan fingerprint density at radius 1 is 1.38 bits per heavy atom. The largest absolute Gasteiger partial charge is 0.240 e. The van der Waals surface area contributed by atoms with Crippen LogP contribution in [0.1, 0.15) is 6.04 Å². The minimum atomic E-state index is -2.82. The van der Waals surface area contributed by atoms with Gasteiger partial charge in [-0.15, -0.1) is 5.10 Å². The molecule has 5 nitrogen and oxygen atoms in total. The Labute approximate surface area is 106 Å². The Morgan fingerprint density at radius 2 is 2.12 bits per heavy atom. The van der Waals surface area contributed by atoms with Gasteiger partial charge in [-0.2, -0.15) is 0 Å². The van der Waals surface area contributed by atoms with E-state index in [2.05, 4.69) is 32.9 Å². The van der Waals surface area contributed by atoms with Crippen molar-refractivity contribution in [2.24, 2.45) is 0 Å². The lowest BCUT2D eigenvalue weighted by Crippen LogP contribution is -2.38. The van der Waals surface area contributed by atoms with Crippen molar-refractivity contribution >= 4 is 43.5 Å². The second-order valence-corrected chi connectivity index (χ2v) is 7.30. The van der Waals surface area contributed by atoms with E-state index in [0.717, 1.165) is 14.6 Å². The molecule has 0 N–H and O–H groups in total. The van der Waals surface area contributed by atoms with Gasteiger partial charge >= 0.3 is 0 Å². The molecule has 0 bridgehead atoms. The van der Waals surface area contributed by atoms with E-state index in [1.54, 1.807) is 4.68 Å². The molecule has 1 saturated heterocycles. The van der Waals surface area contributed by atoms with Crippen LogP contribution in [0.25, 0.3) is 11.0 Å². The molecule has 1 fully saturated rings. The highest BCUT2D eigenvalue weighted by atomic mass is 127. The molecule has 84 valence electrons. The number of sulfone groups is 1. The van der Waals surface area contributed by atoms with Crippen LogP contribution in [-0.2, 0) is 9.84 Å². The van der Waals surface area contributed by atoms with Gasteiger partial charge in [0.1, 0.15) is 5.52 Å². The van der Waals surface area contributed by atoms with Gasteiger partial charge in [0.15, 0.2) is 9.84 Å². The van der Waals surface area contributed by atoms with Crippen LogP contribution in [0.15, 0.2) is 18.2 Å². The van der Waals surface area contributed by atoms with Gasteiger partial charge in [0.05, 0.1) is 23.1 Å². The molecule has 7 heteroatoms. The van der Waals surface area contributed by atoms with Crippen LogP contribution in [0.2, 0.25) is 0 Å². The lowest BCUT2D eigenvalue weighted by Gasteiger charge is -2.25. The third kappa shape index (κ3) is 1.61. The van der Waals surface area contributed by atoms with Crippen molar-refractivity contribution in [1.82, 2.24) is 15.0 Å². The van der Waals surface area contributed by atoms with Crippen molar-refractivity contribution in [3.8, 4) is 0 Å². The summed E-state index contributed by atoms with van der Waals surface area (Å²) in [6.07, 6.45) is 0. The Kier molecular flexibility index (Phi) is 2.22. The van der Waals surface area contributed by atoms with Gasteiger partial charge in [0, 0.05) is 3.57 Å². The Hall–Kier alpha value is -0.700. The van der Waals surface area contributed by atoms with Crippen molar-refractivity contribution in [2.75, 3.05) is 11.5 Å². The highest BCUT2D eigenvalue weighted by molar-refractivity contribution is 14.1. The standard InChI is InChI=1S/C9H8IN3O2S/c10-6-1-2-9-8(3-6)11-12-13(9)7-4-16(14,15)5-7/h1-3,7H,4-5H2. The van der Waals surface area contributed by atoms with Crippen molar-refractivity contribution < 1.29 is 8.42 Å². The molecule has 3 rings (SSSR count). The SMILES string of the molecule is O=S1(=O)CC(n2nnc3cc(I)ccc32)C1. The van der Waals surface area contributed by atoms with Gasteiger partial charge < -0.3 is 0 Å². The average molecular weight is 349 g/mol. The molecule has 0 unspecified atom stereocenters. The average Bonchev–Trinajstić information content (AvgIpc) is 2.56. The summed E-state index contributed by atoms with van der Waals surface area (Å²) in [7, 11) is -2.82. The van der Waals surface area contributed by atoms with Gasteiger partial charge in [0.25, 0.3) is 0 Å². The molecular formula is C9H8IN3O2S. The third-order valence-corrected chi connectivity index (χ3v) is 5.13. The number of fused-ring (bicyclic) bond motifs is 1. The van der Waals surface area contributed by atoms with E-state index in [4.69, 9.17) is 0 Å². The summed E-state index contributed by atoms with van der Waals surface area (Å²) >= 11 is 2.21. The first-order valence-corrected chi connectivity index (χ1v) is 7.66. The van der Waals surface area contributed by atoms with Gasteiger partial charge in [-0.25, -0.2) is 13.1 Å². The number of hydrogen-bond acceptors (Lipinski definition) is 4. The summed E-state index contributed by atoms with van der Waals surface area (Å²) in [5, 5.41) is 8.07. The number of aromatic nitrogens is 3. The number of rotatable bonds is 1. The van der Waals surface area contributed by atoms with Crippen molar-refractivity contribution in [3.05, 3.63) is 21.8 Å². The molecule has 0 aliphatic carbocycles. The second-order valence-electron chi connectivity index (χ2n) is 3.90. The first kappa shape index (κ1) is 10.5. The second kappa shape index (κ2) is 3.39. The topological polar surface area (TPSA) is 64.8 Å². The van der Waals surface area contributed by atoms with Crippen molar-refractivity contribution in [2.45, 2.75) is 6.04 Å². The van der Waals surface area contributed by atoms with Gasteiger partial charge in [-0.1, -0.05) is 5.21 Å². The molecule has 2 heterocycles. The van der Waals surface area contributed by atoms with E-state index in [-0.39, 0.29) is 17.5 Å². The highest BCUT2D eigenvalue weighted by Gasteiger charge is 2.36. The lowest BCUT2D eigenvalue weighted by atomic mass is 10.3. The van der Waals surface area contributed by atoms with Crippen LogP contribution in [0.4, 0.5) is 0 Å². The van der Waals surface area contributed by atoms with Gasteiger partial charge in [0.2, 0.25) is 0 Å². The maximum absolute atomic E-state index is 11.1. The molecular weight excluding hydrogens is 341 g/mol. The number of nitrogens with zero attached hydrogens (tertiary/aromatic N) is 3. The minimum absolute atomic E-state index is 0.0462. The summed E-state index contributed by atoms with van der Waals surface area (Å²) in [6.45, 7) is 0. The molecule has 16 heavy (non-hydrogen) atoms. The molecule has 1 aliphatic heterocycles. The third-order valence-electron chi connectivity index (χ3n) is 2.67. The predicted octanol–water partition coefficient (Wildman–Crippen LogP) is 1.01. The summed E-state index contributed by atoms with van der Waals surface area (Å²) in [5.74, 6) is 0.356. The van der Waals surface area contributed by atoms with Crippen LogP contribution in [0.5, 0.6) is 0 Å². The molecule has 0 atom stereocenters. The molecule has 0 saturated carbocycles. The van der Waals surface area contributed by atoms with Crippen LogP contribution >= 0.6 is 22.6 Å². The summed E-state index contributed by atoms with van der Waals surface area (Å²) in [5.41, 5.74) is 1.72. The highest BCUT2D eigenvalue weighted by Crippen LogP contribution is 2.26. The van der Waals surface area contributed by atoms with Crippen LogP contribution < -0.4 is 0 Å². The van der Waals surface area contributed by atoms with Crippen LogP contribution in [0.3, 0.4) is 0 Å². The van der Waals surface area contributed by atoms with E-state index in [9.17, 15) is 8.42 Å². The van der Waals surface area contributed by atoms with Crippen molar-refractivity contribution in [1.29, 1.82) is 0 Å². The summed E-state index contributed by atoms with van der Waals surface area (Å²) in [4.78, 5) is 0. The van der Waals surface area contributed by atoms with Gasteiger partial charge in [-0.3, -0.25) is 0 Å². The maximum Gasteiger partial charge on any atom is 0.154 e. The molecule has 0 radical (unpaired) electrons. The first-order chi connectivity index (χ1) is 7.55. The van der Waals surface area contributed by atoms with E-state index in [1.807, 2.05) is 18.2 Å². The fourth-order valence-corrected chi connectivity index (χ4v) is 3.70. The molecule has 0 spiro atoms. The number of hydrogen-bond donors (Lipinski definition) is 0. The monoisotopic (exact) mass is 349 g/mol. The zero-order valence-electron chi connectivity index (χ0n) is 8.17. The van der Waals surface area contributed by atoms with E-state index >= 15 is 0 Å². The molecule has 1 aromatic heterocycles. The fraction of sp³-hybridized carbons (Fsp3) is 0.333. The first-order valence-electron chi connectivity index (χ1n) is 4.76. The van der Waals surface area contributed by atoms with Gasteiger partial charge in [-0.05, 0) is 40.8 Å². The number of halogens is 1. The zero-order chi connectivity index (χ0) is 11.3. The quantitative estimate of drug-likeness (QED) is 0.721. The van der Waals surface area contributed by atoms with E-state index < -0.39 is 9.84 Å². The normalized spacial score (nSPS) is 19.8. The molecule has 1 aromatic carbocycles. The zero-order valence-corrected chi connectivity index (χ0v) is 11.1. The Balaban J connectivity index is 2.06. The lowest BCUT2D eigenvalue weighted by molar-refractivity contribution is 0.474. The summed E-state index contributed by atoms with van der Waals surface area (Å²) in [6, 6.07) is 5.79. The minimum Gasteiger partial charge on any atom is -0.240 e. The predicted molar refractivity (Wildman–Crippen MR) is 67.9 cm³/mol. The molecule has 1 aliphatic rings. The van der Waals surface area contributed by atoms with Crippen LogP contribution in [-0.4, -0.2) is 34.9 Å². The molecule has 0 amide bonds. The molecule has 2 aromatic rings. The maximum atomic E-state index is 11.1. The van der Waals surface area contributed by atoms with E-state index in [0.29, 0.717) is 0 Å². The Morgan fingerprint density at radius 3 is 2.81 bits per heavy atom.